The van der Waals surface area contributed by atoms with Gasteiger partial charge in [-0.1, -0.05) is 39.3 Å². The van der Waals surface area contributed by atoms with E-state index in [9.17, 15) is 5.11 Å². The molecule has 0 spiro atoms. The van der Waals surface area contributed by atoms with Crippen LogP contribution in [0, 0.1) is 46.3 Å². The Balaban J connectivity index is 1.69. The Kier molecular flexibility index (Phi) is 4.00. The van der Waals surface area contributed by atoms with Crippen molar-refractivity contribution in [2.45, 2.75) is 85.7 Å². The highest BCUT2D eigenvalue weighted by Crippen LogP contribution is 2.67. The maximum absolute atomic E-state index is 10.5. The average molecular weight is 331 g/mol. The average Bonchev–Trinajstić information content (AvgIpc) is 2.78. The highest BCUT2D eigenvalue weighted by atomic mass is 16.3. The second-order valence-electron chi connectivity index (χ2n) is 10.6. The molecule has 0 radical (unpaired) electrons. The minimum atomic E-state index is -0.160. The van der Waals surface area contributed by atoms with E-state index in [0.717, 1.165) is 23.7 Å². The number of hydrogen-bond acceptors (Lipinski definition) is 1. The maximum atomic E-state index is 10.5. The Bertz CT molecular complexity index is 534. The fraction of sp³-hybridized carbons (Fsp3) is 0.913. The summed E-state index contributed by atoms with van der Waals surface area (Å²) < 4.78 is 0. The lowest BCUT2D eigenvalue weighted by atomic mass is 9.48. The van der Waals surface area contributed by atoms with Gasteiger partial charge in [0.15, 0.2) is 0 Å². The molecule has 0 amide bonds. The van der Waals surface area contributed by atoms with Gasteiger partial charge in [0.1, 0.15) is 0 Å². The largest absolute Gasteiger partial charge is 0.393 e. The molecule has 3 fully saturated rings. The zero-order valence-corrected chi connectivity index (χ0v) is 16.5. The summed E-state index contributed by atoms with van der Waals surface area (Å²) >= 11 is 0. The number of hydrogen-bond donors (Lipinski definition) is 1. The quantitative estimate of drug-likeness (QED) is 0.600. The van der Waals surface area contributed by atoms with Gasteiger partial charge in [-0.25, -0.2) is 0 Å². The first-order valence-corrected chi connectivity index (χ1v) is 10.7. The van der Waals surface area contributed by atoms with E-state index in [4.69, 9.17) is 0 Å². The molecule has 4 aliphatic rings. The fourth-order valence-corrected chi connectivity index (χ4v) is 8.17. The zero-order valence-electron chi connectivity index (χ0n) is 16.5. The molecule has 1 N–H and O–H groups in total. The Labute approximate surface area is 149 Å². The van der Waals surface area contributed by atoms with Gasteiger partial charge in [-0.05, 0) is 98.2 Å². The number of rotatable bonds is 1. The van der Waals surface area contributed by atoms with Gasteiger partial charge in [-0.2, -0.15) is 0 Å². The molecule has 0 aliphatic heterocycles. The van der Waals surface area contributed by atoms with Crippen molar-refractivity contribution in [1.29, 1.82) is 0 Å². The Morgan fingerprint density at radius 3 is 2.58 bits per heavy atom. The first-order valence-electron chi connectivity index (χ1n) is 10.7. The third-order valence-corrected chi connectivity index (χ3v) is 9.24. The van der Waals surface area contributed by atoms with Crippen molar-refractivity contribution in [3.05, 3.63) is 11.6 Å². The second-order valence-corrected chi connectivity index (χ2v) is 10.6. The Hall–Kier alpha value is -0.300. The van der Waals surface area contributed by atoms with Crippen LogP contribution >= 0.6 is 0 Å². The summed E-state index contributed by atoms with van der Waals surface area (Å²) in [5.74, 6) is 4.63. The van der Waals surface area contributed by atoms with Crippen LogP contribution in [-0.4, -0.2) is 11.2 Å². The molecule has 24 heavy (non-hydrogen) atoms. The third-order valence-electron chi connectivity index (χ3n) is 9.24. The van der Waals surface area contributed by atoms with Gasteiger partial charge < -0.3 is 5.11 Å². The van der Waals surface area contributed by atoms with Crippen molar-refractivity contribution in [3.8, 4) is 0 Å². The van der Waals surface area contributed by atoms with E-state index < -0.39 is 0 Å². The van der Waals surface area contributed by atoms with Crippen LogP contribution < -0.4 is 0 Å². The smallest absolute Gasteiger partial charge is 0.0548 e. The molecule has 136 valence electrons. The standard InChI is InChI=1S/C23H38O/c1-14-8-10-22(4)17(12-14)6-7-18-19(22)9-11-23(5)20(18)13-15(2)21(23)16(3)24/h9,14-18,20-21,24H,6-8,10-13H2,1-5H3/t14-,15-,16?,17+,18+,20-,21+,22-,23-/m0/s1. The van der Waals surface area contributed by atoms with Gasteiger partial charge in [-0.3, -0.25) is 0 Å². The van der Waals surface area contributed by atoms with Crippen LogP contribution in [0.5, 0.6) is 0 Å². The van der Waals surface area contributed by atoms with Crippen molar-refractivity contribution in [3.63, 3.8) is 0 Å². The van der Waals surface area contributed by atoms with Crippen molar-refractivity contribution in [2.24, 2.45) is 46.3 Å². The van der Waals surface area contributed by atoms with E-state index in [1.807, 2.05) is 12.5 Å². The molecule has 4 aliphatic carbocycles. The molecule has 1 nitrogen and oxygen atoms in total. The van der Waals surface area contributed by atoms with Crippen LogP contribution in [0.2, 0.25) is 0 Å². The third kappa shape index (κ3) is 2.22. The molecule has 1 heteroatoms. The second kappa shape index (κ2) is 5.60. The predicted molar refractivity (Wildman–Crippen MR) is 101 cm³/mol. The van der Waals surface area contributed by atoms with E-state index in [-0.39, 0.29) is 6.10 Å². The van der Waals surface area contributed by atoms with Crippen molar-refractivity contribution >= 4 is 0 Å². The molecular weight excluding hydrogens is 292 g/mol. The summed E-state index contributed by atoms with van der Waals surface area (Å²) in [6, 6.07) is 0. The lowest BCUT2D eigenvalue weighted by Gasteiger charge is -2.57. The van der Waals surface area contributed by atoms with Gasteiger partial charge >= 0.3 is 0 Å². The van der Waals surface area contributed by atoms with E-state index in [0.29, 0.717) is 22.7 Å². The van der Waals surface area contributed by atoms with Crippen LogP contribution in [0.3, 0.4) is 0 Å². The number of aliphatic hydroxyl groups is 1. The summed E-state index contributed by atoms with van der Waals surface area (Å²) in [6.07, 6.45) is 12.2. The van der Waals surface area contributed by atoms with Crippen molar-refractivity contribution in [1.82, 2.24) is 0 Å². The Morgan fingerprint density at radius 2 is 1.88 bits per heavy atom. The van der Waals surface area contributed by atoms with E-state index in [1.165, 1.54) is 44.9 Å². The van der Waals surface area contributed by atoms with Crippen LogP contribution in [-0.2, 0) is 0 Å². The highest BCUT2D eigenvalue weighted by molar-refractivity contribution is 5.29. The monoisotopic (exact) mass is 330 g/mol. The Morgan fingerprint density at radius 1 is 1.12 bits per heavy atom. The number of fused-ring (bicyclic) bond motifs is 5. The fourth-order valence-electron chi connectivity index (χ4n) is 8.17. The normalized spacial score (nSPS) is 55.2. The van der Waals surface area contributed by atoms with Gasteiger partial charge in [0.25, 0.3) is 0 Å². The lowest BCUT2D eigenvalue weighted by molar-refractivity contribution is -0.0134. The minimum Gasteiger partial charge on any atom is -0.393 e. The van der Waals surface area contributed by atoms with Gasteiger partial charge in [0.2, 0.25) is 0 Å². The van der Waals surface area contributed by atoms with Crippen molar-refractivity contribution in [2.75, 3.05) is 0 Å². The molecule has 0 saturated heterocycles. The van der Waals surface area contributed by atoms with Gasteiger partial charge in [0.05, 0.1) is 6.10 Å². The molecular formula is C23H38O. The van der Waals surface area contributed by atoms with Crippen molar-refractivity contribution < 1.29 is 5.11 Å². The summed E-state index contributed by atoms with van der Waals surface area (Å²) in [7, 11) is 0. The molecule has 3 saturated carbocycles. The van der Waals surface area contributed by atoms with E-state index in [2.05, 4.69) is 33.8 Å². The van der Waals surface area contributed by atoms with Crippen LogP contribution in [0.1, 0.15) is 79.6 Å². The van der Waals surface area contributed by atoms with Crippen LogP contribution in [0.25, 0.3) is 0 Å². The first-order chi connectivity index (χ1) is 11.3. The number of allylic oxidation sites excluding steroid dienone is 2. The maximum Gasteiger partial charge on any atom is 0.0548 e. The molecule has 0 aromatic heterocycles. The first kappa shape index (κ1) is 17.1. The summed E-state index contributed by atoms with van der Waals surface area (Å²) in [4.78, 5) is 0. The number of aliphatic hydroxyl groups excluding tert-OH is 1. The van der Waals surface area contributed by atoms with Gasteiger partial charge in [-0.15, -0.1) is 0 Å². The molecule has 0 aromatic carbocycles. The topological polar surface area (TPSA) is 20.2 Å². The predicted octanol–water partition coefficient (Wildman–Crippen LogP) is 5.83. The summed E-state index contributed by atoms with van der Waals surface area (Å²) in [5, 5.41) is 10.5. The van der Waals surface area contributed by atoms with Crippen LogP contribution in [0.15, 0.2) is 11.6 Å². The summed E-state index contributed by atoms with van der Waals surface area (Å²) in [5.41, 5.74) is 2.67. The molecule has 0 heterocycles. The van der Waals surface area contributed by atoms with Gasteiger partial charge in [0, 0.05) is 0 Å². The van der Waals surface area contributed by atoms with Crippen LogP contribution in [0.4, 0.5) is 0 Å². The van der Waals surface area contributed by atoms with E-state index in [1.54, 1.807) is 0 Å². The molecule has 0 aromatic rings. The van der Waals surface area contributed by atoms with E-state index >= 15 is 0 Å². The molecule has 4 rings (SSSR count). The molecule has 1 unspecified atom stereocenters. The minimum absolute atomic E-state index is 0.160. The lowest BCUT2D eigenvalue weighted by Crippen LogP contribution is -2.48. The zero-order chi connectivity index (χ0) is 17.3. The molecule has 0 bridgehead atoms. The SMILES string of the molecule is CC(O)[C@H]1[C@@H](C)C[C@H]2[C@@H]3CC[C@@H]4C[C@@H](C)CC[C@]4(C)C3=CC[C@@]21C. The summed E-state index contributed by atoms with van der Waals surface area (Å²) in [6.45, 7) is 12.0. The molecule has 9 atom stereocenters. The highest BCUT2D eigenvalue weighted by Gasteiger charge is 2.59.